The van der Waals surface area contributed by atoms with Crippen molar-refractivity contribution in [3.05, 3.63) is 65.2 Å². The molecule has 186 valence electrons. The number of amides is 2. The van der Waals surface area contributed by atoms with Crippen LogP contribution in [0.1, 0.15) is 41.3 Å². The number of aliphatic hydroxyl groups excluding tert-OH is 2. The third-order valence-corrected chi connectivity index (χ3v) is 5.63. The van der Waals surface area contributed by atoms with Crippen LogP contribution >= 0.6 is 0 Å². The molecule has 0 saturated carbocycles. The van der Waals surface area contributed by atoms with Gasteiger partial charge in [0.15, 0.2) is 5.78 Å². The van der Waals surface area contributed by atoms with Crippen LogP contribution in [0.2, 0.25) is 0 Å². The minimum absolute atomic E-state index is 0.0217. The Kier molecular flexibility index (Phi) is 9.79. The molecule has 2 amide bonds. The van der Waals surface area contributed by atoms with E-state index in [1.54, 1.807) is 36.4 Å². The molecule has 0 radical (unpaired) electrons. The first-order valence-corrected chi connectivity index (χ1v) is 11.7. The number of ketones is 1. The number of nitrogens with one attached hydrogen (secondary N) is 2. The van der Waals surface area contributed by atoms with Crippen molar-refractivity contribution in [1.29, 1.82) is 0 Å². The number of hydrogen-bond donors (Lipinski definition) is 4. The van der Waals surface area contributed by atoms with Gasteiger partial charge in [0.05, 0.1) is 12.6 Å². The smallest absolute Gasteiger partial charge is 0.251 e. The van der Waals surface area contributed by atoms with Gasteiger partial charge in [0, 0.05) is 22.4 Å². The second-order valence-electron chi connectivity index (χ2n) is 8.50. The average Bonchev–Trinajstić information content (AvgIpc) is 3.38. The van der Waals surface area contributed by atoms with Crippen molar-refractivity contribution in [3.63, 3.8) is 0 Å². The Morgan fingerprint density at radius 2 is 1.50 bits per heavy atom. The lowest BCUT2D eigenvalue weighted by molar-refractivity contribution is -0.126. The molecule has 1 aliphatic heterocycles. The molecule has 8 nitrogen and oxygen atoms in total. The lowest BCUT2D eigenvalue weighted by Gasteiger charge is -2.19. The SMILES string of the molecule is C[C@@H](O)[C@H](NC(=O)c1ccc(C#CC#Cc2ccc(NC(=O)CN3CCCC3)cc2)cc1)C(=O)CO. The highest BCUT2D eigenvalue weighted by Crippen LogP contribution is 2.11. The monoisotopic (exact) mass is 487 g/mol. The van der Waals surface area contributed by atoms with Crippen molar-refractivity contribution in [2.75, 3.05) is 31.6 Å². The Morgan fingerprint density at radius 3 is 2.03 bits per heavy atom. The van der Waals surface area contributed by atoms with Gasteiger partial charge in [0.2, 0.25) is 5.91 Å². The fourth-order valence-corrected chi connectivity index (χ4v) is 3.69. The van der Waals surface area contributed by atoms with E-state index in [9.17, 15) is 19.5 Å². The van der Waals surface area contributed by atoms with E-state index in [1.807, 2.05) is 12.1 Å². The van der Waals surface area contributed by atoms with Gasteiger partial charge in [-0.2, -0.15) is 0 Å². The highest BCUT2D eigenvalue weighted by Gasteiger charge is 2.25. The summed E-state index contributed by atoms with van der Waals surface area (Å²) in [5.41, 5.74) is 2.42. The molecule has 8 heteroatoms. The van der Waals surface area contributed by atoms with E-state index in [1.165, 1.54) is 6.92 Å². The summed E-state index contributed by atoms with van der Waals surface area (Å²) in [6, 6.07) is 12.4. The first-order valence-electron chi connectivity index (χ1n) is 11.7. The van der Waals surface area contributed by atoms with E-state index in [0.717, 1.165) is 37.2 Å². The minimum atomic E-state index is -1.18. The second kappa shape index (κ2) is 13.2. The van der Waals surface area contributed by atoms with Gasteiger partial charge in [-0.1, -0.05) is 11.8 Å². The molecule has 1 aliphatic rings. The average molecular weight is 488 g/mol. The number of likely N-dealkylation sites (tertiary alicyclic amines) is 1. The summed E-state index contributed by atoms with van der Waals surface area (Å²) in [6.45, 7) is 2.95. The molecule has 3 rings (SSSR count). The molecule has 36 heavy (non-hydrogen) atoms. The normalized spacial score (nSPS) is 14.4. The van der Waals surface area contributed by atoms with E-state index in [-0.39, 0.29) is 11.5 Å². The van der Waals surface area contributed by atoms with Crippen LogP contribution in [0.4, 0.5) is 5.69 Å². The number of carbonyl (C=O) groups excluding carboxylic acids is 3. The summed E-state index contributed by atoms with van der Waals surface area (Å²) in [5, 5.41) is 24.0. The molecule has 2 aromatic carbocycles. The van der Waals surface area contributed by atoms with Crippen LogP contribution in [0.5, 0.6) is 0 Å². The number of benzene rings is 2. The Hall–Kier alpha value is -3.95. The zero-order valence-corrected chi connectivity index (χ0v) is 20.1. The summed E-state index contributed by atoms with van der Waals surface area (Å²) in [6.07, 6.45) is 1.16. The largest absolute Gasteiger partial charge is 0.391 e. The standard InChI is InChI=1S/C28H29N3O5/c1-20(33)27(25(34)19-32)30-28(36)23-12-8-21(9-13-23)6-2-3-7-22-10-14-24(15-11-22)29-26(35)18-31-16-4-5-17-31/h8-15,20,27,32-33H,4-5,16-19H2,1H3,(H,29,35)(H,30,36)/t20-,27+/m1/s1. The predicted octanol–water partition coefficient (Wildman–Crippen LogP) is 1.16. The van der Waals surface area contributed by atoms with Crippen LogP contribution in [0.3, 0.4) is 0 Å². The van der Waals surface area contributed by atoms with Gasteiger partial charge in [-0.15, -0.1) is 0 Å². The third-order valence-electron chi connectivity index (χ3n) is 5.63. The van der Waals surface area contributed by atoms with Crippen LogP contribution < -0.4 is 10.6 Å². The summed E-state index contributed by atoms with van der Waals surface area (Å²) in [7, 11) is 0. The topological polar surface area (TPSA) is 119 Å². The van der Waals surface area contributed by atoms with Gasteiger partial charge in [-0.05, 0) is 93.2 Å². The molecular weight excluding hydrogens is 458 g/mol. The van der Waals surface area contributed by atoms with Crippen molar-refractivity contribution in [2.45, 2.75) is 31.9 Å². The van der Waals surface area contributed by atoms with Crippen molar-refractivity contribution in [1.82, 2.24) is 10.2 Å². The minimum Gasteiger partial charge on any atom is -0.391 e. The quantitative estimate of drug-likeness (QED) is 0.415. The summed E-state index contributed by atoms with van der Waals surface area (Å²) in [4.78, 5) is 38.3. The maximum absolute atomic E-state index is 12.3. The van der Waals surface area contributed by atoms with E-state index >= 15 is 0 Å². The van der Waals surface area contributed by atoms with Crippen LogP contribution in [0.25, 0.3) is 0 Å². The van der Waals surface area contributed by atoms with Crippen LogP contribution in [0, 0.1) is 23.7 Å². The fraction of sp³-hybridized carbons (Fsp3) is 0.321. The highest BCUT2D eigenvalue weighted by atomic mass is 16.3. The Labute approximate surface area is 210 Å². The van der Waals surface area contributed by atoms with Gasteiger partial charge in [-0.3, -0.25) is 19.3 Å². The first kappa shape index (κ1) is 26.7. The van der Waals surface area contributed by atoms with E-state index < -0.39 is 30.4 Å². The zero-order valence-electron chi connectivity index (χ0n) is 20.1. The van der Waals surface area contributed by atoms with Gasteiger partial charge >= 0.3 is 0 Å². The van der Waals surface area contributed by atoms with Crippen molar-refractivity contribution in [3.8, 4) is 23.7 Å². The lowest BCUT2D eigenvalue weighted by atomic mass is 10.1. The van der Waals surface area contributed by atoms with Crippen molar-refractivity contribution >= 4 is 23.3 Å². The van der Waals surface area contributed by atoms with E-state index in [2.05, 4.69) is 39.2 Å². The number of anilines is 1. The molecule has 1 heterocycles. The lowest BCUT2D eigenvalue weighted by Crippen LogP contribution is -2.48. The number of nitrogens with zero attached hydrogens (tertiary/aromatic N) is 1. The predicted molar refractivity (Wildman–Crippen MR) is 136 cm³/mol. The van der Waals surface area contributed by atoms with E-state index in [4.69, 9.17) is 5.11 Å². The molecule has 2 aromatic rings. The molecule has 0 bridgehead atoms. The molecule has 2 atom stereocenters. The van der Waals surface area contributed by atoms with Crippen LogP contribution in [0.15, 0.2) is 48.5 Å². The van der Waals surface area contributed by atoms with Gasteiger partial charge in [-0.25, -0.2) is 0 Å². The van der Waals surface area contributed by atoms with Gasteiger partial charge in [0.1, 0.15) is 12.6 Å². The van der Waals surface area contributed by atoms with Crippen LogP contribution in [-0.2, 0) is 9.59 Å². The molecule has 0 aromatic heterocycles. The molecule has 1 saturated heterocycles. The van der Waals surface area contributed by atoms with E-state index in [0.29, 0.717) is 12.1 Å². The number of aliphatic hydroxyl groups is 2. The van der Waals surface area contributed by atoms with Gasteiger partial charge in [0.25, 0.3) is 5.91 Å². The second-order valence-corrected chi connectivity index (χ2v) is 8.50. The molecular formula is C28H29N3O5. The Bertz CT molecular complexity index is 1190. The molecule has 1 fully saturated rings. The maximum atomic E-state index is 12.3. The molecule has 0 unspecified atom stereocenters. The third kappa shape index (κ3) is 8.07. The van der Waals surface area contributed by atoms with Crippen molar-refractivity contribution in [2.24, 2.45) is 0 Å². The molecule has 0 spiro atoms. The number of rotatable bonds is 8. The summed E-state index contributed by atoms with van der Waals surface area (Å²) >= 11 is 0. The highest BCUT2D eigenvalue weighted by molar-refractivity contribution is 5.98. The number of Topliss-reactive ketones (excluding diaryl/α,β-unsaturated/α-hetero) is 1. The molecule has 0 aliphatic carbocycles. The number of hydrogen-bond acceptors (Lipinski definition) is 6. The summed E-state index contributed by atoms with van der Waals surface area (Å²) in [5.74, 6) is 10.2. The van der Waals surface area contributed by atoms with Crippen LogP contribution in [-0.4, -0.2) is 71.1 Å². The molecule has 4 N–H and O–H groups in total. The van der Waals surface area contributed by atoms with Gasteiger partial charge < -0.3 is 20.8 Å². The summed E-state index contributed by atoms with van der Waals surface area (Å²) < 4.78 is 0. The fourth-order valence-electron chi connectivity index (χ4n) is 3.69. The first-order chi connectivity index (χ1) is 17.4. The maximum Gasteiger partial charge on any atom is 0.251 e. The Balaban J connectivity index is 1.52. The zero-order chi connectivity index (χ0) is 25.9. The van der Waals surface area contributed by atoms with Crippen molar-refractivity contribution < 1.29 is 24.6 Å². The Morgan fingerprint density at radius 1 is 0.944 bits per heavy atom. The number of carbonyl (C=O) groups is 3.